The maximum Gasteiger partial charge on any atom is 0.127 e. The lowest BCUT2D eigenvalue weighted by Crippen LogP contribution is -2.13. The van der Waals surface area contributed by atoms with Crippen molar-refractivity contribution in [1.29, 1.82) is 0 Å². The summed E-state index contributed by atoms with van der Waals surface area (Å²) in [6, 6.07) is 97.0. The third-order valence-electron chi connectivity index (χ3n) is 11.2. The molecule has 0 saturated carbocycles. The average Bonchev–Trinajstić information content (AvgIpc) is 3.38. The van der Waals surface area contributed by atoms with Gasteiger partial charge in [0.1, 0.15) is 11.5 Å². The van der Waals surface area contributed by atoms with E-state index in [9.17, 15) is 0 Å². The van der Waals surface area contributed by atoms with Gasteiger partial charge in [0.25, 0.3) is 0 Å². The fourth-order valence-corrected chi connectivity index (χ4v) is 8.26. The number of ether oxygens (including phenoxy) is 1. The van der Waals surface area contributed by atoms with Crippen LogP contribution in [-0.2, 0) is 0 Å². The van der Waals surface area contributed by atoms with E-state index >= 15 is 0 Å². The lowest BCUT2D eigenvalue weighted by molar-refractivity contribution is 0.483. The number of hydrogen-bond acceptors (Lipinski definition) is 5. The van der Waals surface area contributed by atoms with Gasteiger partial charge < -0.3 is 24.3 Å². The molecule has 5 heteroatoms. The molecule has 0 aliphatic carbocycles. The van der Waals surface area contributed by atoms with Crippen LogP contribution < -0.4 is 24.3 Å². The first-order chi connectivity index (χ1) is 32.2. The number of para-hydroxylation sites is 6. The van der Waals surface area contributed by atoms with E-state index in [1.807, 2.05) is 24.3 Å². The van der Waals surface area contributed by atoms with Gasteiger partial charge in [-0.05, 0) is 158 Å². The molecule has 0 spiro atoms. The van der Waals surface area contributed by atoms with Crippen LogP contribution in [0.3, 0.4) is 0 Å². The summed E-state index contributed by atoms with van der Waals surface area (Å²) in [5, 5.41) is 0. The van der Waals surface area contributed by atoms with Crippen molar-refractivity contribution in [1.82, 2.24) is 0 Å². The zero-order chi connectivity index (χ0) is 43.6. The van der Waals surface area contributed by atoms with E-state index in [4.69, 9.17) is 4.74 Å². The number of rotatable bonds is 14. The van der Waals surface area contributed by atoms with Crippen LogP contribution >= 0.6 is 0 Å². The third-order valence-corrected chi connectivity index (χ3v) is 11.2. The normalized spacial score (nSPS) is 10.8. The number of benzene rings is 10. The first-order valence-electron chi connectivity index (χ1n) is 21.8. The van der Waals surface area contributed by atoms with Crippen LogP contribution in [0.25, 0.3) is 0 Å². The Morgan fingerprint density at radius 1 is 0.169 bits per heavy atom. The monoisotopic (exact) mass is 838 g/mol. The Labute approximate surface area is 381 Å². The lowest BCUT2D eigenvalue weighted by atomic mass is 10.1. The average molecular weight is 839 g/mol. The van der Waals surface area contributed by atoms with E-state index < -0.39 is 0 Å². The van der Waals surface area contributed by atoms with Crippen molar-refractivity contribution < 1.29 is 4.74 Å². The molecule has 65 heavy (non-hydrogen) atoms. The van der Waals surface area contributed by atoms with Crippen molar-refractivity contribution in [3.8, 4) is 11.5 Å². The zero-order valence-corrected chi connectivity index (χ0v) is 35.8. The largest absolute Gasteiger partial charge is 0.457 e. The predicted octanol–water partition coefficient (Wildman–Crippen LogP) is 17.4. The summed E-state index contributed by atoms with van der Waals surface area (Å²) in [4.78, 5) is 9.14. The van der Waals surface area contributed by atoms with Crippen molar-refractivity contribution in [2.24, 2.45) is 0 Å². The van der Waals surface area contributed by atoms with Crippen LogP contribution in [0.1, 0.15) is 0 Å². The van der Waals surface area contributed by atoms with Gasteiger partial charge in [0.05, 0.1) is 0 Å². The van der Waals surface area contributed by atoms with Crippen LogP contribution in [0.4, 0.5) is 68.2 Å². The molecule has 0 unspecified atom stereocenters. The molecule has 0 aliphatic rings. The van der Waals surface area contributed by atoms with Gasteiger partial charge in [-0.1, -0.05) is 121 Å². The summed E-state index contributed by atoms with van der Waals surface area (Å²) in [6.45, 7) is 0. The molecule has 312 valence electrons. The molecule has 0 N–H and O–H groups in total. The second kappa shape index (κ2) is 19.1. The maximum absolute atomic E-state index is 6.52. The van der Waals surface area contributed by atoms with Crippen molar-refractivity contribution >= 4 is 68.2 Å². The van der Waals surface area contributed by atoms with E-state index in [1.165, 1.54) is 0 Å². The Bertz CT molecular complexity index is 2750. The number of nitrogens with zero attached hydrogens (tertiary/aromatic N) is 4. The lowest BCUT2D eigenvalue weighted by Gasteiger charge is -2.29. The van der Waals surface area contributed by atoms with E-state index in [-0.39, 0.29) is 0 Å². The molecule has 10 aromatic carbocycles. The summed E-state index contributed by atoms with van der Waals surface area (Å²) in [6.07, 6.45) is 0. The molecule has 10 aromatic rings. The molecule has 0 heterocycles. The maximum atomic E-state index is 6.52. The second-order valence-electron chi connectivity index (χ2n) is 15.5. The molecule has 0 atom stereocenters. The van der Waals surface area contributed by atoms with E-state index in [0.717, 1.165) is 79.7 Å². The molecule has 0 amide bonds. The van der Waals surface area contributed by atoms with Gasteiger partial charge in [-0.3, -0.25) is 0 Å². The number of anilines is 12. The van der Waals surface area contributed by atoms with E-state index in [0.29, 0.717) is 0 Å². The highest BCUT2D eigenvalue weighted by molar-refractivity contribution is 5.85. The topological polar surface area (TPSA) is 22.2 Å². The molecule has 0 fully saturated rings. The van der Waals surface area contributed by atoms with Gasteiger partial charge in [-0.25, -0.2) is 0 Å². The second-order valence-corrected chi connectivity index (χ2v) is 15.5. The van der Waals surface area contributed by atoms with Gasteiger partial charge in [0.2, 0.25) is 0 Å². The van der Waals surface area contributed by atoms with Gasteiger partial charge in [-0.15, -0.1) is 0 Å². The van der Waals surface area contributed by atoms with Crippen LogP contribution in [0.5, 0.6) is 11.5 Å². The van der Waals surface area contributed by atoms with Crippen LogP contribution in [0, 0.1) is 0 Å². The van der Waals surface area contributed by atoms with Gasteiger partial charge in [-0.2, -0.15) is 0 Å². The van der Waals surface area contributed by atoms with Crippen molar-refractivity contribution in [2.75, 3.05) is 19.6 Å². The Balaban J connectivity index is 0.932. The van der Waals surface area contributed by atoms with Crippen LogP contribution in [-0.4, -0.2) is 0 Å². The standard InChI is InChI=1S/C60H46N4O/c1-7-21-47(22-8-1)61(48-23-9-2-10-24-48)55-33-19-35-57(45-55)63(51-29-15-5-16-30-51)53-37-41-59(42-38-53)65-60-43-39-54(40-44-60)64(52-31-17-6-18-32-52)58-36-20-34-56(46-58)62(49-25-11-3-12-26-49)50-27-13-4-14-28-50/h1-46H. The summed E-state index contributed by atoms with van der Waals surface area (Å²) in [7, 11) is 0. The molecule has 0 bridgehead atoms. The molecule has 0 radical (unpaired) electrons. The van der Waals surface area contributed by atoms with Crippen molar-refractivity contribution in [2.45, 2.75) is 0 Å². The molecular weight excluding hydrogens is 793 g/mol. The summed E-state index contributed by atoms with van der Waals surface area (Å²) in [5.41, 5.74) is 12.7. The summed E-state index contributed by atoms with van der Waals surface area (Å²) < 4.78 is 6.52. The summed E-state index contributed by atoms with van der Waals surface area (Å²) in [5.74, 6) is 1.49. The Morgan fingerprint density at radius 3 is 0.569 bits per heavy atom. The Kier molecular flexibility index (Phi) is 11.8. The minimum Gasteiger partial charge on any atom is -0.457 e. The van der Waals surface area contributed by atoms with Crippen LogP contribution in [0.2, 0.25) is 0 Å². The SMILES string of the molecule is c1ccc(N(c2ccccc2)c2cccc(N(c3ccccc3)c3ccc(Oc4ccc(N(c5ccccc5)c5cccc(N(c6ccccc6)c6ccccc6)c5)cc4)cc3)c2)cc1. The first kappa shape index (κ1) is 40.3. The molecule has 0 aliphatic heterocycles. The predicted molar refractivity (Wildman–Crippen MR) is 272 cm³/mol. The Morgan fingerprint density at radius 2 is 0.354 bits per heavy atom. The minimum absolute atomic E-state index is 0.747. The van der Waals surface area contributed by atoms with E-state index in [2.05, 4.69) is 274 Å². The first-order valence-corrected chi connectivity index (χ1v) is 21.8. The van der Waals surface area contributed by atoms with E-state index in [1.54, 1.807) is 0 Å². The molecule has 5 nitrogen and oxygen atoms in total. The molecule has 10 rings (SSSR count). The van der Waals surface area contributed by atoms with Crippen molar-refractivity contribution in [3.63, 3.8) is 0 Å². The van der Waals surface area contributed by atoms with Gasteiger partial charge in [0.15, 0.2) is 0 Å². The molecule has 0 aromatic heterocycles. The quantitative estimate of drug-likeness (QED) is 0.108. The molecule has 0 saturated heterocycles. The highest BCUT2D eigenvalue weighted by Gasteiger charge is 2.19. The summed E-state index contributed by atoms with van der Waals surface area (Å²) >= 11 is 0. The fraction of sp³-hybridized carbons (Fsp3) is 0. The minimum atomic E-state index is 0.747. The highest BCUT2D eigenvalue weighted by Crippen LogP contribution is 2.43. The third kappa shape index (κ3) is 9.08. The van der Waals surface area contributed by atoms with Gasteiger partial charge >= 0.3 is 0 Å². The van der Waals surface area contributed by atoms with Gasteiger partial charge in [0, 0.05) is 68.2 Å². The smallest absolute Gasteiger partial charge is 0.127 e. The zero-order valence-electron chi connectivity index (χ0n) is 35.8. The number of hydrogen-bond donors (Lipinski definition) is 0. The fourth-order valence-electron chi connectivity index (χ4n) is 8.26. The Hall–Kier alpha value is -8.80. The highest BCUT2D eigenvalue weighted by atomic mass is 16.5. The van der Waals surface area contributed by atoms with Crippen LogP contribution in [0.15, 0.2) is 279 Å². The van der Waals surface area contributed by atoms with Crippen molar-refractivity contribution in [3.05, 3.63) is 279 Å². The molecular formula is C60H46N4O.